The van der Waals surface area contributed by atoms with Crippen molar-refractivity contribution in [1.29, 1.82) is 0 Å². The highest BCUT2D eigenvalue weighted by Gasteiger charge is 2.44. The summed E-state index contributed by atoms with van der Waals surface area (Å²) in [7, 11) is 0. The number of nitrogens with one attached hydrogen (secondary N) is 1. The van der Waals surface area contributed by atoms with Crippen molar-refractivity contribution in [3.63, 3.8) is 0 Å². The van der Waals surface area contributed by atoms with Crippen LogP contribution in [0.3, 0.4) is 0 Å². The van der Waals surface area contributed by atoms with Gasteiger partial charge >= 0.3 is 5.00 Å². The van der Waals surface area contributed by atoms with Gasteiger partial charge in [0.25, 0.3) is 0 Å². The van der Waals surface area contributed by atoms with Crippen molar-refractivity contribution in [3.8, 4) is 0 Å². The summed E-state index contributed by atoms with van der Waals surface area (Å²) in [6.07, 6.45) is 1.11. The molecule has 8 heteroatoms. The number of fused-ring (bicyclic) bond motifs is 1. The number of carbonyl (C=O) groups excluding carboxylic acids is 2. The first-order chi connectivity index (χ1) is 16.7. The molecule has 7 nitrogen and oxygen atoms in total. The number of benzene rings is 2. The van der Waals surface area contributed by atoms with Gasteiger partial charge in [-0.1, -0.05) is 67.6 Å². The number of carbonyl (C=O) groups is 2. The van der Waals surface area contributed by atoms with Crippen molar-refractivity contribution >= 4 is 39.4 Å². The van der Waals surface area contributed by atoms with Gasteiger partial charge in [-0.15, -0.1) is 0 Å². The van der Waals surface area contributed by atoms with Crippen molar-refractivity contribution in [2.45, 2.75) is 39.2 Å². The smallest absolute Gasteiger partial charge is 0.324 e. The van der Waals surface area contributed by atoms with E-state index < -0.39 is 11.0 Å². The number of amides is 1. The van der Waals surface area contributed by atoms with Crippen LogP contribution in [0.5, 0.6) is 0 Å². The van der Waals surface area contributed by atoms with Gasteiger partial charge in [0.15, 0.2) is 5.78 Å². The molecule has 1 atom stereocenters. The highest BCUT2D eigenvalue weighted by molar-refractivity contribution is 7.15. The predicted molar refractivity (Wildman–Crippen MR) is 136 cm³/mol. The van der Waals surface area contributed by atoms with E-state index >= 15 is 0 Å². The van der Waals surface area contributed by atoms with Crippen molar-refractivity contribution in [1.82, 2.24) is 0 Å². The number of nitrogens with zero attached hydrogens (tertiary/aromatic N) is 2. The van der Waals surface area contributed by atoms with Gasteiger partial charge in [-0.3, -0.25) is 24.6 Å². The average molecular weight is 488 g/mol. The van der Waals surface area contributed by atoms with Crippen molar-refractivity contribution in [2.24, 2.45) is 5.41 Å². The standard InChI is InChI=1S/C27H25N3O4S/c1-27(2)15-19-25(21(31)16-27)26(22-12-13-24(35-22)30(33)34)29(20-11-7-6-10-18(20)28-19)23(32)14-17-8-4-3-5-9-17/h3-13,26,28H,14-16H2,1-2H3. The Labute approximate surface area is 207 Å². The Kier molecular flexibility index (Phi) is 5.76. The minimum atomic E-state index is -0.750. The summed E-state index contributed by atoms with van der Waals surface area (Å²) >= 11 is 1.01. The zero-order valence-electron chi connectivity index (χ0n) is 19.5. The second-order valence-electron chi connectivity index (χ2n) is 9.74. The van der Waals surface area contributed by atoms with E-state index in [1.807, 2.05) is 54.6 Å². The molecule has 0 saturated heterocycles. The van der Waals surface area contributed by atoms with Gasteiger partial charge < -0.3 is 5.32 Å². The first kappa shape index (κ1) is 23.0. The van der Waals surface area contributed by atoms with Gasteiger partial charge in [0, 0.05) is 28.6 Å². The fourth-order valence-electron chi connectivity index (χ4n) is 4.97. The number of para-hydroxylation sites is 2. The van der Waals surface area contributed by atoms with E-state index in [2.05, 4.69) is 19.2 Å². The van der Waals surface area contributed by atoms with Gasteiger partial charge in [0.05, 0.1) is 22.7 Å². The molecular weight excluding hydrogens is 462 g/mol. The van der Waals surface area contributed by atoms with Crippen LogP contribution >= 0.6 is 11.3 Å². The molecule has 0 saturated carbocycles. The molecule has 0 fully saturated rings. The van der Waals surface area contributed by atoms with Gasteiger partial charge in [-0.25, -0.2) is 0 Å². The van der Waals surface area contributed by atoms with Gasteiger partial charge in [0.2, 0.25) is 5.91 Å². The summed E-state index contributed by atoms with van der Waals surface area (Å²) in [5, 5.41) is 14.9. The van der Waals surface area contributed by atoms with Crippen molar-refractivity contribution in [2.75, 3.05) is 10.2 Å². The molecule has 35 heavy (non-hydrogen) atoms. The quantitative estimate of drug-likeness (QED) is 0.358. The Morgan fingerprint density at radius 2 is 1.80 bits per heavy atom. The number of rotatable bonds is 4. The Morgan fingerprint density at radius 1 is 1.09 bits per heavy atom. The summed E-state index contributed by atoms with van der Waals surface area (Å²) in [6.45, 7) is 4.10. The fraction of sp³-hybridized carbons (Fsp3) is 0.259. The van der Waals surface area contributed by atoms with Crippen LogP contribution in [0.15, 0.2) is 78.0 Å². The van der Waals surface area contributed by atoms with Crippen LogP contribution in [-0.4, -0.2) is 16.6 Å². The van der Waals surface area contributed by atoms with E-state index in [-0.39, 0.29) is 28.5 Å². The molecule has 1 unspecified atom stereocenters. The van der Waals surface area contributed by atoms with Crippen LogP contribution < -0.4 is 10.2 Å². The lowest BCUT2D eigenvalue weighted by atomic mass is 9.74. The number of Topliss-reactive ketones (excluding diaryl/α,β-unsaturated/α-hetero) is 1. The molecule has 1 aromatic heterocycles. The molecule has 2 heterocycles. The topological polar surface area (TPSA) is 92.6 Å². The number of thiophene rings is 1. The molecule has 1 N–H and O–H groups in total. The molecular formula is C27H25N3O4S. The number of hydrogen-bond acceptors (Lipinski definition) is 6. The molecule has 178 valence electrons. The van der Waals surface area contributed by atoms with Crippen LogP contribution in [0.2, 0.25) is 0 Å². The van der Waals surface area contributed by atoms with Crippen molar-refractivity contribution in [3.05, 3.63) is 98.6 Å². The highest BCUT2D eigenvalue weighted by Crippen LogP contribution is 2.50. The molecule has 1 aliphatic heterocycles. The van der Waals surface area contributed by atoms with E-state index in [1.165, 1.54) is 6.07 Å². The largest absolute Gasteiger partial charge is 0.357 e. The van der Waals surface area contributed by atoms with Crippen LogP contribution in [0, 0.1) is 15.5 Å². The predicted octanol–water partition coefficient (Wildman–Crippen LogP) is 6.04. The Balaban J connectivity index is 1.72. The summed E-state index contributed by atoms with van der Waals surface area (Å²) < 4.78 is 0. The van der Waals surface area contributed by atoms with E-state index in [9.17, 15) is 19.7 Å². The maximum absolute atomic E-state index is 14.0. The first-order valence-corrected chi connectivity index (χ1v) is 12.3. The van der Waals surface area contributed by atoms with Crippen LogP contribution in [0.1, 0.15) is 43.2 Å². The molecule has 0 radical (unpaired) electrons. The summed E-state index contributed by atoms with van der Waals surface area (Å²) in [5.74, 6) is -0.229. The number of hydrogen-bond donors (Lipinski definition) is 1. The molecule has 2 aromatic carbocycles. The zero-order chi connectivity index (χ0) is 24.7. The fourth-order valence-corrected chi connectivity index (χ4v) is 5.90. The molecule has 2 aliphatic rings. The Bertz CT molecular complexity index is 1360. The lowest BCUT2D eigenvalue weighted by Gasteiger charge is -2.36. The zero-order valence-corrected chi connectivity index (χ0v) is 20.3. The van der Waals surface area contributed by atoms with E-state index in [0.717, 1.165) is 28.3 Å². The summed E-state index contributed by atoms with van der Waals surface area (Å²) in [4.78, 5) is 40.9. The van der Waals surface area contributed by atoms with Crippen LogP contribution in [0.25, 0.3) is 0 Å². The van der Waals surface area contributed by atoms with Gasteiger partial charge in [-0.05, 0) is 35.6 Å². The lowest BCUT2D eigenvalue weighted by Crippen LogP contribution is -2.40. The Morgan fingerprint density at radius 3 is 2.51 bits per heavy atom. The average Bonchev–Trinajstić information content (AvgIpc) is 3.24. The Hall–Kier alpha value is -3.78. The summed E-state index contributed by atoms with van der Waals surface area (Å²) in [6, 6.07) is 19.3. The van der Waals surface area contributed by atoms with Crippen LogP contribution in [0.4, 0.5) is 16.4 Å². The lowest BCUT2D eigenvalue weighted by molar-refractivity contribution is -0.380. The maximum Gasteiger partial charge on any atom is 0.324 e. The monoisotopic (exact) mass is 487 g/mol. The second kappa shape index (κ2) is 8.78. The molecule has 0 bridgehead atoms. The number of allylic oxidation sites excluding steroid dienone is 1. The molecule has 5 rings (SSSR count). The minimum Gasteiger partial charge on any atom is -0.357 e. The van der Waals surface area contributed by atoms with Crippen molar-refractivity contribution < 1.29 is 14.5 Å². The second-order valence-corrected chi connectivity index (χ2v) is 10.8. The van der Waals surface area contributed by atoms with Crippen LogP contribution in [-0.2, 0) is 16.0 Å². The normalized spacial score (nSPS) is 18.9. The van der Waals surface area contributed by atoms with Gasteiger partial charge in [0.1, 0.15) is 6.04 Å². The molecule has 1 aliphatic carbocycles. The number of anilines is 2. The van der Waals surface area contributed by atoms with E-state index in [4.69, 9.17) is 0 Å². The third kappa shape index (κ3) is 4.37. The summed E-state index contributed by atoms with van der Waals surface area (Å²) in [5.41, 5.74) is 3.28. The van der Waals surface area contributed by atoms with Gasteiger partial charge in [-0.2, -0.15) is 0 Å². The third-order valence-corrected chi connectivity index (χ3v) is 7.52. The SMILES string of the molecule is CC1(C)CC(=O)C2=C(C1)Nc1ccccc1N(C(=O)Cc1ccccc1)C2c1ccc([N+](=O)[O-])s1. The van der Waals surface area contributed by atoms with E-state index in [0.29, 0.717) is 29.0 Å². The molecule has 1 amide bonds. The maximum atomic E-state index is 14.0. The highest BCUT2D eigenvalue weighted by atomic mass is 32.1. The first-order valence-electron chi connectivity index (χ1n) is 11.5. The van der Waals surface area contributed by atoms with E-state index in [1.54, 1.807) is 11.0 Å². The third-order valence-electron chi connectivity index (χ3n) is 6.43. The minimum absolute atomic E-state index is 0.0216. The molecule has 0 spiro atoms. The molecule has 3 aromatic rings. The number of ketones is 1. The number of nitro groups is 1.